The summed E-state index contributed by atoms with van der Waals surface area (Å²) in [5.74, 6) is 1.32. The zero-order valence-corrected chi connectivity index (χ0v) is 15.2. The minimum absolute atomic E-state index is 0.00694. The van der Waals surface area contributed by atoms with E-state index in [0.29, 0.717) is 22.9 Å². The van der Waals surface area contributed by atoms with Gasteiger partial charge >= 0.3 is 0 Å². The molecule has 2 aromatic carbocycles. The van der Waals surface area contributed by atoms with Gasteiger partial charge in [-0.05, 0) is 67.6 Å². The van der Waals surface area contributed by atoms with E-state index >= 15 is 0 Å². The van der Waals surface area contributed by atoms with Gasteiger partial charge in [0.25, 0.3) is 5.91 Å². The topological polar surface area (TPSA) is 47.6 Å². The third-order valence-electron chi connectivity index (χ3n) is 4.46. The van der Waals surface area contributed by atoms with Crippen LogP contribution in [0.3, 0.4) is 0 Å². The van der Waals surface area contributed by atoms with Crippen molar-refractivity contribution in [2.45, 2.75) is 32.2 Å². The van der Waals surface area contributed by atoms with Crippen molar-refractivity contribution in [3.63, 3.8) is 0 Å². The molecule has 0 heterocycles. The van der Waals surface area contributed by atoms with E-state index in [1.54, 1.807) is 25.3 Å². The lowest BCUT2D eigenvalue weighted by molar-refractivity contribution is 0.0932. The molecule has 25 heavy (non-hydrogen) atoms. The first-order chi connectivity index (χ1) is 12.1. The molecule has 0 spiro atoms. The van der Waals surface area contributed by atoms with Crippen LogP contribution in [0.4, 0.5) is 0 Å². The average molecular weight is 360 g/mol. The maximum Gasteiger partial charge on any atom is 0.251 e. The fourth-order valence-corrected chi connectivity index (χ4v) is 3.46. The van der Waals surface area contributed by atoms with E-state index in [1.165, 1.54) is 5.56 Å². The Morgan fingerprint density at radius 1 is 1.28 bits per heavy atom. The van der Waals surface area contributed by atoms with Crippen LogP contribution in [0.1, 0.15) is 47.3 Å². The van der Waals surface area contributed by atoms with Crippen LogP contribution in [-0.2, 0) is 6.42 Å². The van der Waals surface area contributed by atoms with E-state index in [2.05, 4.69) is 11.4 Å². The Kier molecular flexibility index (Phi) is 5.49. The Labute approximate surface area is 153 Å². The largest absolute Gasteiger partial charge is 0.497 e. The molecular weight excluding hydrogens is 338 g/mol. The minimum Gasteiger partial charge on any atom is -0.497 e. The smallest absolute Gasteiger partial charge is 0.251 e. The van der Waals surface area contributed by atoms with Gasteiger partial charge in [-0.3, -0.25) is 4.79 Å². The van der Waals surface area contributed by atoms with Crippen molar-refractivity contribution in [1.82, 2.24) is 5.32 Å². The van der Waals surface area contributed by atoms with Gasteiger partial charge in [0.05, 0.1) is 24.8 Å². The van der Waals surface area contributed by atoms with E-state index in [-0.39, 0.29) is 11.9 Å². The SMILES string of the molecule is CCOc1ccc(C(=O)N[C@@H]2CCCc3cc(OC)ccc32)cc1Cl. The number of benzene rings is 2. The molecule has 0 aliphatic heterocycles. The molecule has 4 nitrogen and oxygen atoms in total. The Morgan fingerprint density at radius 2 is 2.12 bits per heavy atom. The highest BCUT2D eigenvalue weighted by atomic mass is 35.5. The second-order valence-electron chi connectivity index (χ2n) is 6.06. The molecule has 1 amide bonds. The molecule has 0 saturated carbocycles. The average Bonchev–Trinajstić information content (AvgIpc) is 2.63. The molecular formula is C20H22ClNO3. The fraction of sp³-hybridized carbons (Fsp3) is 0.350. The highest BCUT2D eigenvalue weighted by molar-refractivity contribution is 6.32. The van der Waals surface area contributed by atoms with E-state index in [1.807, 2.05) is 19.1 Å². The molecule has 0 radical (unpaired) electrons. The Balaban J connectivity index is 1.77. The maximum absolute atomic E-state index is 12.6. The van der Waals surface area contributed by atoms with Gasteiger partial charge in [0, 0.05) is 5.56 Å². The van der Waals surface area contributed by atoms with Crippen LogP contribution in [-0.4, -0.2) is 19.6 Å². The monoisotopic (exact) mass is 359 g/mol. The summed E-state index contributed by atoms with van der Waals surface area (Å²) in [7, 11) is 1.67. The van der Waals surface area contributed by atoms with Crippen molar-refractivity contribution in [3.05, 3.63) is 58.1 Å². The maximum atomic E-state index is 12.6. The number of hydrogen-bond donors (Lipinski definition) is 1. The number of halogens is 1. The van der Waals surface area contributed by atoms with E-state index in [4.69, 9.17) is 21.1 Å². The summed E-state index contributed by atoms with van der Waals surface area (Å²) in [6.07, 6.45) is 2.97. The summed E-state index contributed by atoms with van der Waals surface area (Å²) in [6, 6.07) is 11.2. The first-order valence-corrected chi connectivity index (χ1v) is 8.90. The normalized spacial score (nSPS) is 16.0. The fourth-order valence-electron chi connectivity index (χ4n) is 3.22. The van der Waals surface area contributed by atoms with Crippen LogP contribution in [0.15, 0.2) is 36.4 Å². The summed E-state index contributed by atoms with van der Waals surface area (Å²) in [5, 5.41) is 3.58. The number of hydrogen-bond acceptors (Lipinski definition) is 3. The molecule has 0 saturated heterocycles. The number of methoxy groups -OCH3 is 1. The van der Waals surface area contributed by atoms with Crippen molar-refractivity contribution in [1.29, 1.82) is 0 Å². The molecule has 132 valence electrons. The number of nitrogens with one attached hydrogen (secondary N) is 1. The van der Waals surface area contributed by atoms with Crippen LogP contribution in [0.2, 0.25) is 5.02 Å². The number of carbonyl (C=O) groups excluding carboxylic acids is 1. The molecule has 3 rings (SSSR count). The van der Waals surface area contributed by atoms with Gasteiger partial charge in [-0.2, -0.15) is 0 Å². The highest BCUT2D eigenvalue weighted by Gasteiger charge is 2.23. The van der Waals surface area contributed by atoms with Crippen molar-refractivity contribution in [2.24, 2.45) is 0 Å². The van der Waals surface area contributed by atoms with Gasteiger partial charge in [-0.25, -0.2) is 0 Å². The molecule has 1 aliphatic carbocycles. The lowest BCUT2D eigenvalue weighted by atomic mass is 9.87. The van der Waals surface area contributed by atoms with Crippen molar-refractivity contribution >= 4 is 17.5 Å². The Morgan fingerprint density at radius 3 is 2.84 bits per heavy atom. The first-order valence-electron chi connectivity index (χ1n) is 8.52. The lowest BCUT2D eigenvalue weighted by Crippen LogP contribution is -2.31. The number of ether oxygens (including phenoxy) is 2. The third kappa shape index (κ3) is 3.90. The first kappa shape index (κ1) is 17.6. The third-order valence-corrected chi connectivity index (χ3v) is 4.76. The standard InChI is InChI=1S/C20H22ClNO3/c1-3-25-19-10-7-14(12-17(19)21)20(23)22-18-6-4-5-13-11-15(24-2)8-9-16(13)18/h7-12,18H,3-6H2,1-2H3,(H,22,23)/t18-/m1/s1. The molecule has 0 aromatic heterocycles. The Bertz CT molecular complexity index is 776. The van der Waals surface area contributed by atoms with E-state index in [0.717, 1.165) is 30.6 Å². The van der Waals surface area contributed by atoms with Gasteiger partial charge in [0.15, 0.2) is 0 Å². The van der Waals surface area contributed by atoms with Crippen LogP contribution in [0, 0.1) is 0 Å². The summed E-state index contributed by atoms with van der Waals surface area (Å²) >= 11 is 6.19. The zero-order chi connectivity index (χ0) is 17.8. The number of aryl methyl sites for hydroxylation is 1. The van der Waals surface area contributed by atoms with Crippen molar-refractivity contribution in [3.8, 4) is 11.5 Å². The van der Waals surface area contributed by atoms with Gasteiger partial charge in [-0.15, -0.1) is 0 Å². The van der Waals surface area contributed by atoms with Gasteiger partial charge < -0.3 is 14.8 Å². The number of fused-ring (bicyclic) bond motifs is 1. The summed E-state index contributed by atoms with van der Waals surface area (Å²) in [5.41, 5.74) is 2.94. The summed E-state index contributed by atoms with van der Waals surface area (Å²) < 4.78 is 10.7. The minimum atomic E-state index is -0.126. The van der Waals surface area contributed by atoms with Gasteiger partial charge in [0.1, 0.15) is 11.5 Å². The molecule has 2 aromatic rings. The predicted octanol–water partition coefficient (Wildman–Crippen LogP) is 4.55. The van der Waals surface area contributed by atoms with E-state index in [9.17, 15) is 4.79 Å². The molecule has 0 unspecified atom stereocenters. The van der Waals surface area contributed by atoms with Gasteiger partial charge in [-0.1, -0.05) is 17.7 Å². The molecule has 1 N–H and O–H groups in total. The molecule has 0 bridgehead atoms. The van der Waals surface area contributed by atoms with Crippen molar-refractivity contribution in [2.75, 3.05) is 13.7 Å². The van der Waals surface area contributed by atoms with E-state index < -0.39 is 0 Å². The lowest BCUT2D eigenvalue weighted by Gasteiger charge is -2.27. The summed E-state index contributed by atoms with van der Waals surface area (Å²) in [6.45, 7) is 2.43. The Hall–Kier alpha value is -2.20. The molecule has 5 heteroatoms. The number of amides is 1. The number of rotatable bonds is 5. The van der Waals surface area contributed by atoms with Crippen LogP contribution in [0.5, 0.6) is 11.5 Å². The summed E-state index contributed by atoms with van der Waals surface area (Å²) in [4.78, 5) is 12.6. The van der Waals surface area contributed by atoms with Crippen LogP contribution < -0.4 is 14.8 Å². The molecule has 1 atom stereocenters. The predicted molar refractivity (Wildman–Crippen MR) is 98.8 cm³/mol. The highest BCUT2D eigenvalue weighted by Crippen LogP contribution is 2.33. The molecule has 0 fully saturated rings. The molecule has 1 aliphatic rings. The second kappa shape index (κ2) is 7.79. The van der Waals surface area contributed by atoms with Crippen molar-refractivity contribution < 1.29 is 14.3 Å². The second-order valence-corrected chi connectivity index (χ2v) is 6.47. The van der Waals surface area contributed by atoms with Crippen LogP contribution in [0.25, 0.3) is 0 Å². The number of carbonyl (C=O) groups is 1. The zero-order valence-electron chi connectivity index (χ0n) is 14.5. The van der Waals surface area contributed by atoms with Gasteiger partial charge in [0.2, 0.25) is 0 Å². The quantitative estimate of drug-likeness (QED) is 0.851. The van der Waals surface area contributed by atoms with Crippen LogP contribution >= 0.6 is 11.6 Å².